The summed E-state index contributed by atoms with van der Waals surface area (Å²) in [7, 11) is 1.58. The molecule has 0 aliphatic rings. The van der Waals surface area contributed by atoms with Crippen LogP contribution >= 0.6 is 23.2 Å². The van der Waals surface area contributed by atoms with Gasteiger partial charge < -0.3 is 10.2 Å². The molecular formula is C22H26Cl2N2O2. The quantitative estimate of drug-likeness (QED) is 0.704. The number of amides is 2. The minimum Gasteiger partial charge on any atom is -0.357 e. The molecule has 0 saturated heterocycles. The molecule has 2 amide bonds. The van der Waals surface area contributed by atoms with E-state index in [-0.39, 0.29) is 24.8 Å². The van der Waals surface area contributed by atoms with Gasteiger partial charge in [0.1, 0.15) is 6.04 Å². The molecule has 4 nitrogen and oxygen atoms in total. The van der Waals surface area contributed by atoms with Gasteiger partial charge in [-0.2, -0.15) is 0 Å². The maximum absolute atomic E-state index is 13.2. The summed E-state index contributed by atoms with van der Waals surface area (Å²) in [5.74, 6) is -0.285. The summed E-state index contributed by atoms with van der Waals surface area (Å²) in [5.41, 5.74) is 3.95. The normalized spacial score (nSPS) is 11.8. The minimum absolute atomic E-state index is 0.102. The van der Waals surface area contributed by atoms with Crippen molar-refractivity contribution in [2.24, 2.45) is 0 Å². The average Bonchev–Trinajstić information content (AvgIpc) is 2.66. The number of rotatable bonds is 7. The Morgan fingerprint density at radius 2 is 1.79 bits per heavy atom. The Morgan fingerprint density at radius 1 is 1.07 bits per heavy atom. The van der Waals surface area contributed by atoms with Gasteiger partial charge in [-0.05, 0) is 49.1 Å². The largest absolute Gasteiger partial charge is 0.357 e. The minimum atomic E-state index is -0.558. The Balaban J connectivity index is 2.35. The van der Waals surface area contributed by atoms with Crippen LogP contribution in [0.5, 0.6) is 0 Å². The highest BCUT2D eigenvalue weighted by Gasteiger charge is 2.28. The van der Waals surface area contributed by atoms with Gasteiger partial charge in [-0.25, -0.2) is 0 Å². The molecule has 0 aromatic heterocycles. The van der Waals surface area contributed by atoms with Crippen LogP contribution in [0.15, 0.2) is 36.4 Å². The van der Waals surface area contributed by atoms with Gasteiger partial charge >= 0.3 is 0 Å². The van der Waals surface area contributed by atoms with Gasteiger partial charge in [0.05, 0.1) is 16.5 Å². The summed E-state index contributed by atoms with van der Waals surface area (Å²) in [6.07, 6.45) is 0.752. The lowest BCUT2D eigenvalue weighted by Gasteiger charge is -2.30. The van der Waals surface area contributed by atoms with Gasteiger partial charge in [-0.3, -0.25) is 9.59 Å². The summed E-state index contributed by atoms with van der Waals surface area (Å²) in [5, 5.41) is 3.54. The van der Waals surface area contributed by atoms with Crippen LogP contribution in [0.3, 0.4) is 0 Å². The summed E-state index contributed by atoms with van der Waals surface area (Å²) >= 11 is 12.1. The molecule has 1 atom stereocenters. The lowest BCUT2D eigenvalue weighted by atomic mass is 10.0. The van der Waals surface area contributed by atoms with E-state index in [2.05, 4.69) is 5.32 Å². The third-order valence-corrected chi connectivity index (χ3v) is 5.55. The molecule has 2 aromatic carbocycles. The standard InChI is InChI=1S/C22H26Cl2N2O2/c1-5-20(22(28)25-4)26(13-16-8-9-18(23)19(24)11-16)21(27)12-17-10-14(2)6-7-15(17)3/h6-11,20H,5,12-13H2,1-4H3,(H,25,28)/t20-/m0/s1. The van der Waals surface area contributed by atoms with Gasteiger partial charge in [0.15, 0.2) is 0 Å². The number of aryl methyl sites for hydroxylation is 2. The number of benzene rings is 2. The molecule has 2 aromatic rings. The van der Waals surface area contributed by atoms with E-state index < -0.39 is 6.04 Å². The van der Waals surface area contributed by atoms with Crippen molar-refractivity contribution in [3.05, 3.63) is 68.7 Å². The zero-order valence-electron chi connectivity index (χ0n) is 16.7. The van der Waals surface area contributed by atoms with E-state index in [9.17, 15) is 9.59 Å². The molecule has 0 radical (unpaired) electrons. The number of nitrogens with one attached hydrogen (secondary N) is 1. The highest BCUT2D eigenvalue weighted by molar-refractivity contribution is 6.42. The first kappa shape index (κ1) is 22.3. The zero-order valence-corrected chi connectivity index (χ0v) is 18.2. The summed E-state index contributed by atoms with van der Waals surface area (Å²) < 4.78 is 0. The second-order valence-electron chi connectivity index (χ2n) is 6.92. The summed E-state index contributed by atoms with van der Waals surface area (Å²) in [6, 6.07) is 10.8. The molecule has 0 aliphatic carbocycles. The van der Waals surface area contributed by atoms with Crippen LogP contribution in [0, 0.1) is 13.8 Å². The molecular weight excluding hydrogens is 395 g/mol. The first-order chi connectivity index (χ1) is 13.3. The number of carbonyl (C=O) groups is 2. The van der Waals surface area contributed by atoms with Gasteiger partial charge in [-0.15, -0.1) is 0 Å². The fourth-order valence-electron chi connectivity index (χ4n) is 3.18. The molecule has 28 heavy (non-hydrogen) atoms. The van der Waals surface area contributed by atoms with Crippen molar-refractivity contribution in [2.45, 2.75) is 46.2 Å². The van der Waals surface area contributed by atoms with E-state index >= 15 is 0 Å². The second kappa shape index (κ2) is 9.94. The van der Waals surface area contributed by atoms with Crippen molar-refractivity contribution in [1.29, 1.82) is 0 Å². The van der Waals surface area contributed by atoms with E-state index in [1.165, 1.54) is 0 Å². The second-order valence-corrected chi connectivity index (χ2v) is 7.73. The SMILES string of the molecule is CC[C@@H](C(=O)NC)N(Cc1ccc(Cl)c(Cl)c1)C(=O)Cc1cc(C)ccc1C. The molecule has 0 aliphatic heterocycles. The Morgan fingerprint density at radius 3 is 2.39 bits per heavy atom. The van der Waals surface area contributed by atoms with Crippen molar-refractivity contribution in [3.63, 3.8) is 0 Å². The van der Waals surface area contributed by atoms with Gasteiger partial charge in [-0.1, -0.05) is 60.0 Å². The van der Waals surface area contributed by atoms with E-state index in [1.807, 2.05) is 45.0 Å². The maximum Gasteiger partial charge on any atom is 0.242 e. The Hall–Kier alpha value is -2.04. The van der Waals surface area contributed by atoms with Crippen molar-refractivity contribution >= 4 is 35.0 Å². The Kier molecular flexibility index (Phi) is 7.90. The van der Waals surface area contributed by atoms with E-state index in [0.717, 1.165) is 22.3 Å². The Bertz CT molecular complexity index is 868. The number of hydrogen-bond donors (Lipinski definition) is 1. The maximum atomic E-state index is 13.2. The molecule has 0 bridgehead atoms. The molecule has 0 fully saturated rings. The summed E-state index contributed by atoms with van der Waals surface area (Å²) in [6.45, 7) is 6.17. The fourth-order valence-corrected chi connectivity index (χ4v) is 3.50. The van der Waals surface area contributed by atoms with Crippen LogP contribution in [0.2, 0.25) is 10.0 Å². The predicted octanol–water partition coefficient (Wildman–Crippen LogP) is 4.71. The van der Waals surface area contributed by atoms with Crippen LogP contribution in [-0.2, 0) is 22.6 Å². The van der Waals surface area contributed by atoms with Crippen LogP contribution in [0.4, 0.5) is 0 Å². The lowest BCUT2D eigenvalue weighted by molar-refractivity contribution is -0.140. The lowest BCUT2D eigenvalue weighted by Crippen LogP contribution is -2.48. The third kappa shape index (κ3) is 5.49. The molecule has 0 heterocycles. The van der Waals surface area contributed by atoms with Gasteiger partial charge in [0, 0.05) is 13.6 Å². The molecule has 150 valence electrons. The van der Waals surface area contributed by atoms with E-state index in [4.69, 9.17) is 23.2 Å². The zero-order chi connectivity index (χ0) is 20.8. The fraction of sp³-hybridized carbons (Fsp3) is 0.364. The molecule has 1 N–H and O–H groups in total. The van der Waals surface area contributed by atoms with Crippen LogP contribution in [0.25, 0.3) is 0 Å². The average molecular weight is 421 g/mol. The monoisotopic (exact) mass is 420 g/mol. The van der Waals surface area contributed by atoms with E-state index in [1.54, 1.807) is 24.1 Å². The van der Waals surface area contributed by atoms with Crippen molar-refractivity contribution < 1.29 is 9.59 Å². The first-order valence-electron chi connectivity index (χ1n) is 9.28. The van der Waals surface area contributed by atoms with Gasteiger partial charge in [0.2, 0.25) is 11.8 Å². The predicted molar refractivity (Wildman–Crippen MR) is 115 cm³/mol. The number of hydrogen-bond acceptors (Lipinski definition) is 2. The number of halogens is 2. The third-order valence-electron chi connectivity index (χ3n) is 4.82. The van der Waals surface area contributed by atoms with Crippen LogP contribution in [0.1, 0.15) is 35.6 Å². The van der Waals surface area contributed by atoms with Crippen molar-refractivity contribution in [1.82, 2.24) is 10.2 Å². The smallest absolute Gasteiger partial charge is 0.242 e. The molecule has 0 spiro atoms. The Labute approximate surface area is 176 Å². The highest BCUT2D eigenvalue weighted by atomic mass is 35.5. The molecule has 0 unspecified atom stereocenters. The first-order valence-corrected chi connectivity index (χ1v) is 10.0. The highest BCUT2D eigenvalue weighted by Crippen LogP contribution is 2.24. The van der Waals surface area contributed by atoms with Gasteiger partial charge in [0.25, 0.3) is 0 Å². The molecule has 6 heteroatoms. The van der Waals surface area contributed by atoms with Crippen LogP contribution in [-0.4, -0.2) is 29.8 Å². The van der Waals surface area contributed by atoms with Crippen molar-refractivity contribution in [2.75, 3.05) is 7.05 Å². The van der Waals surface area contributed by atoms with E-state index in [0.29, 0.717) is 16.5 Å². The van der Waals surface area contributed by atoms with Crippen LogP contribution < -0.4 is 5.32 Å². The van der Waals surface area contributed by atoms with Crippen molar-refractivity contribution in [3.8, 4) is 0 Å². The topological polar surface area (TPSA) is 49.4 Å². The number of likely N-dealkylation sites (N-methyl/N-ethyl adjacent to an activating group) is 1. The number of nitrogens with zero attached hydrogens (tertiary/aromatic N) is 1. The number of carbonyl (C=O) groups excluding carboxylic acids is 2. The molecule has 2 rings (SSSR count). The summed E-state index contributed by atoms with van der Waals surface area (Å²) in [4.78, 5) is 27.3. The molecule has 0 saturated carbocycles.